The molecule has 1 aromatic carbocycles. The summed E-state index contributed by atoms with van der Waals surface area (Å²) in [7, 11) is 0. The summed E-state index contributed by atoms with van der Waals surface area (Å²) < 4.78 is 5.43. The molecule has 0 spiro atoms. The van der Waals surface area contributed by atoms with Crippen LogP contribution in [0.2, 0.25) is 0 Å². The summed E-state index contributed by atoms with van der Waals surface area (Å²) in [5.74, 6) is 2.84. The van der Waals surface area contributed by atoms with E-state index in [0.717, 1.165) is 36.4 Å². The highest BCUT2D eigenvalue weighted by Gasteiger charge is 2.16. The number of halogens is 1. The molecule has 3 rings (SSSR count). The SMILES string of the molecule is CCNC(=NCc1ccccc1CN1CCC(C)CC1)NCc1cc(C(C)C)no1.I. The zero-order valence-electron chi connectivity index (χ0n) is 19.4. The second-order valence-electron chi connectivity index (χ2n) is 8.65. The molecule has 31 heavy (non-hydrogen) atoms. The average molecular weight is 540 g/mol. The maximum atomic E-state index is 5.43. The molecule has 6 nitrogen and oxygen atoms in total. The second-order valence-corrected chi connectivity index (χ2v) is 8.65. The average Bonchev–Trinajstić information content (AvgIpc) is 3.22. The van der Waals surface area contributed by atoms with Crippen LogP contribution in [0.1, 0.15) is 69.0 Å². The molecule has 0 bridgehead atoms. The lowest BCUT2D eigenvalue weighted by Gasteiger charge is -2.30. The molecular formula is C24H38IN5O. The molecule has 0 amide bonds. The van der Waals surface area contributed by atoms with Gasteiger partial charge in [-0.1, -0.05) is 50.2 Å². The van der Waals surface area contributed by atoms with Crippen LogP contribution in [0.15, 0.2) is 39.8 Å². The molecule has 0 aliphatic carbocycles. The highest BCUT2D eigenvalue weighted by atomic mass is 127. The quantitative estimate of drug-likeness (QED) is 0.284. The molecule has 2 N–H and O–H groups in total. The van der Waals surface area contributed by atoms with Crippen molar-refractivity contribution >= 4 is 29.9 Å². The molecule has 1 fully saturated rings. The number of aromatic nitrogens is 1. The molecule has 2 heterocycles. The minimum Gasteiger partial charge on any atom is -0.359 e. The first-order valence-corrected chi connectivity index (χ1v) is 11.3. The first-order valence-electron chi connectivity index (χ1n) is 11.3. The van der Waals surface area contributed by atoms with Crippen molar-refractivity contribution in [3.05, 3.63) is 52.9 Å². The Labute approximate surface area is 204 Å². The number of guanidine groups is 1. The smallest absolute Gasteiger partial charge is 0.191 e. The molecule has 1 aliphatic rings. The fourth-order valence-corrected chi connectivity index (χ4v) is 3.69. The van der Waals surface area contributed by atoms with Crippen LogP contribution in [0.4, 0.5) is 0 Å². The fraction of sp³-hybridized carbons (Fsp3) is 0.583. The molecule has 0 saturated carbocycles. The number of hydrogen-bond acceptors (Lipinski definition) is 4. The Kier molecular flexibility index (Phi) is 10.8. The molecular weight excluding hydrogens is 501 g/mol. The van der Waals surface area contributed by atoms with E-state index in [1.807, 2.05) is 6.07 Å². The molecule has 1 saturated heterocycles. The van der Waals surface area contributed by atoms with Crippen molar-refractivity contribution in [1.82, 2.24) is 20.7 Å². The van der Waals surface area contributed by atoms with Gasteiger partial charge in [0.15, 0.2) is 11.7 Å². The number of likely N-dealkylation sites (tertiary alicyclic amines) is 1. The number of rotatable bonds is 8. The lowest BCUT2D eigenvalue weighted by molar-refractivity contribution is 0.185. The van der Waals surface area contributed by atoms with Crippen LogP contribution < -0.4 is 10.6 Å². The summed E-state index contributed by atoms with van der Waals surface area (Å²) in [5, 5.41) is 10.8. The van der Waals surface area contributed by atoms with Gasteiger partial charge in [0.05, 0.1) is 18.8 Å². The van der Waals surface area contributed by atoms with Crippen molar-refractivity contribution in [3.63, 3.8) is 0 Å². The minimum absolute atomic E-state index is 0. The van der Waals surface area contributed by atoms with Crippen molar-refractivity contribution in [3.8, 4) is 0 Å². The van der Waals surface area contributed by atoms with E-state index in [-0.39, 0.29) is 24.0 Å². The first kappa shape index (κ1) is 25.6. The predicted octanol–water partition coefficient (Wildman–Crippen LogP) is 4.90. The van der Waals surface area contributed by atoms with Crippen molar-refractivity contribution in [2.75, 3.05) is 19.6 Å². The van der Waals surface area contributed by atoms with E-state index < -0.39 is 0 Å². The third-order valence-electron chi connectivity index (χ3n) is 5.74. The third-order valence-corrected chi connectivity index (χ3v) is 5.74. The van der Waals surface area contributed by atoms with Crippen molar-refractivity contribution in [2.45, 2.75) is 66.1 Å². The summed E-state index contributed by atoms with van der Waals surface area (Å²) in [4.78, 5) is 7.39. The minimum atomic E-state index is 0. The van der Waals surface area contributed by atoms with Crippen LogP contribution in [0.3, 0.4) is 0 Å². The van der Waals surface area contributed by atoms with Crippen molar-refractivity contribution in [1.29, 1.82) is 0 Å². The monoisotopic (exact) mass is 539 g/mol. The maximum absolute atomic E-state index is 5.43. The van der Waals surface area contributed by atoms with E-state index in [1.54, 1.807) is 0 Å². The van der Waals surface area contributed by atoms with E-state index in [1.165, 1.54) is 37.1 Å². The zero-order valence-corrected chi connectivity index (χ0v) is 21.7. The number of benzene rings is 1. The molecule has 7 heteroatoms. The molecule has 172 valence electrons. The molecule has 1 aliphatic heterocycles. The Morgan fingerprint density at radius 3 is 2.55 bits per heavy atom. The number of piperidine rings is 1. The fourth-order valence-electron chi connectivity index (χ4n) is 3.69. The van der Waals surface area contributed by atoms with Gasteiger partial charge in [0.2, 0.25) is 0 Å². The topological polar surface area (TPSA) is 65.7 Å². The summed E-state index contributed by atoms with van der Waals surface area (Å²) in [6.07, 6.45) is 2.60. The number of nitrogens with zero attached hydrogens (tertiary/aromatic N) is 3. The second kappa shape index (κ2) is 13.1. The van der Waals surface area contributed by atoms with Gasteiger partial charge in [0.25, 0.3) is 0 Å². The van der Waals surface area contributed by atoms with E-state index in [2.05, 4.69) is 72.7 Å². The largest absolute Gasteiger partial charge is 0.359 e. The zero-order chi connectivity index (χ0) is 21.3. The lowest BCUT2D eigenvalue weighted by Crippen LogP contribution is -2.36. The molecule has 0 radical (unpaired) electrons. The van der Waals surface area contributed by atoms with E-state index in [9.17, 15) is 0 Å². The summed E-state index contributed by atoms with van der Waals surface area (Å²) in [6.45, 7) is 14.1. The summed E-state index contributed by atoms with van der Waals surface area (Å²) in [5.41, 5.74) is 3.65. The number of aliphatic imine (C=N–C) groups is 1. The van der Waals surface area contributed by atoms with Crippen LogP contribution in [0.5, 0.6) is 0 Å². The summed E-state index contributed by atoms with van der Waals surface area (Å²) >= 11 is 0. The Hall–Kier alpha value is -1.61. The maximum Gasteiger partial charge on any atom is 0.191 e. The number of nitrogens with one attached hydrogen (secondary N) is 2. The van der Waals surface area contributed by atoms with Gasteiger partial charge in [-0.05, 0) is 55.8 Å². The van der Waals surface area contributed by atoms with Gasteiger partial charge in [-0.25, -0.2) is 4.99 Å². The molecule has 2 aromatic rings. The van der Waals surface area contributed by atoms with Gasteiger partial charge in [-0.15, -0.1) is 24.0 Å². The lowest BCUT2D eigenvalue weighted by atomic mass is 9.98. The Balaban J connectivity index is 0.00000341. The van der Waals surface area contributed by atoms with Gasteiger partial charge >= 0.3 is 0 Å². The van der Waals surface area contributed by atoms with Crippen molar-refractivity contribution in [2.24, 2.45) is 10.9 Å². The standard InChI is InChI=1S/C24H37N5O.HI/c1-5-25-24(27-16-22-14-23(18(2)3)28-30-22)26-15-20-8-6-7-9-21(20)17-29-12-10-19(4)11-13-29;/h6-9,14,18-19H,5,10-13,15-17H2,1-4H3,(H2,25,26,27);1H. The van der Waals surface area contributed by atoms with Crippen LogP contribution in [-0.4, -0.2) is 35.7 Å². The molecule has 0 atom stereocenters. The molecule has 0 unspecified atom stereocenters. The van der Waals surface area contributed by atoms with Crippen LogP contribution in [0.25, 0.3) is 0 Å². The van der Waals surface area contributed by atoms with Gasteiger partial charge in [-0.2, -0.15) is 0 Å². The Bertz CT molecular complexity index is 812. The summed E-state index contributed by atoms with van der Waals surface area (Å²) in [6, 6.07) is 10.7. The van der Waals surface area contributed by atoms with E-state index >= 15 is 0 Å². The Morgan fingerprint density at radius 1 is 1.19 bits per heavy atom. The normalized spacial score (nSPS) is 15.7. The van der Waals surface area contributed by atoms with Gasteiger partial charge in [0.1, 0.15) is 0 Å². The van der Waals surface area contributed by atoms with Crippen molar-refractivity contribution < 1.29 is 4.52 Å². The Morgan fingerprint density at radius 2 is 1.90 bits per heavy atom. The van der Waals surface area contributed by atoms with E-state index in [4.69, 9.17) is 9.52 Å². The van der Waals surface area contributed by atoms with Crippen LogP contribution in [-0.2, 0) is 19.6 Å². The van der Waals surface area contributed by atoms with Crippen LogP contribution >= 0.6 is 24.0 Å². The van der Waals surface area contributed by atoms with Gasteiger partial charge < -0.3 is 15.2 Å². The van der Waals surface area contributed by atoms with Gasteiger partial charge in [0, 0.05) is 19.2 Å². The van der Waals surface area contributed by atoms with Gasteiger partial charge in [-0.3, -0.25) is 4.90 Å². The predicted molar refractivity (Wildman–Crippen MR) is 138 cm³/mol. The highest BCUT2D eigenvalue weighted by Crippen LogP contribution is 2.20. The first-order chi connectivity index (χ1) is 14.5. The van der Waals surface area contributed by atoms with Crippen LogP contribution in [0, 0.1) is 5.92 Å². The third kappa shape index (κ3) is 8.11. The van der Waals surface area contributed by atoms with E-state index in [0.29, 0.717) is 19.0 Å². The molecule has 1 aromatic heterocycles. The number of hydrogen-bond donors (Lipinski definition) is 2. The highest BCUT2D eigenvalue weighted by molar-refractivity contribution is 14.0.